The molecule has 0 aromatic heterocycles. The molecule has 3 rings (SSSR count). The monoisotopic (exact) mass is 311 g/mol. The second-order valence-electron chi connectivity index (χ2n) is 6.00. The molecule has 1 aliphatic rings. The molecule has 120 valence electrons. The van der Waals surface area contributed by atoms with Crippen LogP contribution in [0.2, 0.25) is 0 Å². The minimum Gasteiger partial charge on any atom is -0.308 e. The van der Waals surface area contributed by atoms with Crippen LogP contribution in [0.5, 0.6) is 0 Å². The van der Waals surface area contributed by atoms with E-state index in [-0.39, 0.29) is 10.6 Å². The van der Waals surface area contributed by atoms with Crippen molar-refractivity contribution in [2.75, 3.05) is 13.6 Å². The van der Waals surface area contributed by atoms with E-state index in [1.165, 1.54) is 5.56 Å². The standard InChI is InChI=1S/C18H21N3O2/c1-20-12-11-16(18(20)14-7-3-2-4-8-14)19-13-15-9-5-6-10-17(15)21(22)23/h2-10,16,18-19H,11-13H2,1H3/t16-,18-/m0/s1. The zero-order valence-corrected chi connectivity index (χ0v) is 13.2. The first kappa shape index (κ1) is 15.6. The molecule has 23 heavy (non-hydrogen) atoms. The molecular weight excluding hydrogens is 290 g/mol. The third kappa shape index (κ3) is 3.41. The van der Waals surface area contributed by atoms with Gasteiger partial charge in [-0.15, -0.1) is 0 Å². The molecule has 1 fully saturated rings. The summed E-state index contributed by atoms with van der Waals surface area (Å²) in [6, 6.07) is 18.0. The lowest BCUT2D eigenvalue weighted by molar-refractivity contribution is -0.385. The van der Waals surface area contributed by atoms with Crippen LogP contribution in [0.15, 0.2) is 54.6 Å². The molecule has 5 heteroatoms. The van der Waals surface area contributed by atoms with Crippen LogP contribution in [0.25, 0.3) is 0 Å². The average molecular weight is 311 g/mol. The summed E-state index contributed by atoms with van der Waals surface area (Å²) in [5.41, 5.74) is 2.20. The van der Waals surface area contributed by atoms with E-state index in [1.54, 1.807) is 12.1 Å². The molecule has 0 spiro atoms. The highest BCUT2D eigenvalue weighted by molar-refractivity contribution is 5.39. The van der Waals surface area contributed by atoms with Gasteiger partial charge in [-0.2, -0.15) is 0 Å². The third-order valence-electron chi connectivity index (χ3n) is 4.53. The number of rotatable bonds is 5. The second kappa shape index (κ2) is 6.89. The van der Waals surface area contributed by atoms with Gasteiger partial charge in [-0.05, 0) is 19.0 Å². The van der Waals surface area contributed by atoms with Crippen molar-refractivity contribution in [1.29, 1.82) is 0 Å². The van der Waals surface area contributed by atoms with Gasteiger partial charge in [0.15, 0.2) is 0 Å². The summed E-state index contributed by atoms with van der Waals surface area (Å²) in [6.45, 7) is 1.53. The van der Waals surface area contributed by atoms with Gasteiger partial charge in [0.2, 0.25) is 0 Å². The van der Waals surface area contributed by atoms with Gasteiger partial charge in [-0.25, -0.2) is 0 Å². The van der Waals surface area contributed by atoms with Crippen LogP contribution in [0.1, 0.15) is 23.6 Å². The fraction of sp³-hybridized carbons (Fsp3) is 0.333. The molecule has 0 bridgehead atoms. The highest BCUT2D eigenvalue weighted by atomic mass is 16.6. The van der Waals surface area contributed by atoms with E-state index in [1.807, 2.05) is 18.2 Å². The number of hydrogen-bond donors (Lipinski definition) is 1. The number of likely N-dealkylation sites (N-methyl/N-ethyl adjacent to an activating group) is 1. The minimum atomic E-state index is -0.313. The zero-order chi connectivity index (χ0) is 16.2. The molecule has 0 aliphatic carbocycles. The number of nitro benzene ring substituents is 1. The topological polar surface area (TPSA) is 58.4 Å². The Bertz CT molecular complexity index is 675. The maximum atomic E-state index is 11.1. The normalized spacial score (nSPS) is 21.4. The van der Waals surface area contributed by atoms with Crippen molar-refractivity contribution in [2.24, 2.45) is 0 Å². The van der Waals surface area contributed by atoms with Crippen molar-refractivity contribution in [3.05, 3.63) is 75.8 Å². The Morgan fingerprint density at radius 1 is 1.17 bits per heavy atom. The van der Waals surface area contributed by atoms with E-state index in [9.17, 15) is 10.1 Å². The number of likely N-dealkylation sites (tertiary alicyclic amines) is 1. The number of para-hydroxylation sites is 1. The summed E-state index contributed by atoms with van der Waals surface area (Å²) in [4.78, 5) is 13.2. The zero-order valence-electron chi connectivity index (χ0n) is 13.2. The van der Waals surface area contributed by atoms with E-state index in [2.05, 4.69) is 41.5 Å². The second-order valence-corrected chi connectivity index (χ2v) is 6.00. The van der Waals surface area contributed by atoms with E-state index in [0.29, 0.717) is 18.6 Å². The van der Waals surface area contributed by atoms with Crippen molar-refractivity contribution >= 4 is 5.69 Å². The van der Waals surface area contributed by atoms with Crippen LogP contribution in [-0.4, -0.2) is 29.5 Å². The van der Waals surface area contributed by atoms with Crippen molar-refractivity contribution in [3.63, 3.8) is 0 Å². The highest BCUT2D eigenvalue weighted by Gasteiger charge is 2.32. The van der Waals surface area contributed by atoms with E-state index < -0.39 is 0 Å². The number of nitro groups is 1. The van der Waals surface area contributed by atoms with Crippen LogP contribution in [0.3, 0.4) is 0 Å². The van der Waals surface area contributed by atoms with Crippen molar-refractivity contribution in [3.8, 4) is 0 Å². The van der Waals surface area contributed by atoms with Crippen LogP contribution in [-0.2, 0) is 6.54 Å². The van der Waals surface area contributed by atoms with E-state index >= 15 is 0 Å². The molecule has 2 aromatic carbocycles. The quantitative estimate of drug-likeness (QED) is 0.681. The van der Waals surface area contributed by atoms with E-state index in [4.69, 9.17) is 0 Å². The Balaban J connectivity index is 1.74. The largest absolute Gasteiger partial charge is 0.308 e. The van der Waals surface area contributed by atoms with Gasteiger partial charge in [-0.1, -0.05) is 48.5 Å². The minimum absolute atomic E-state index is 0.183. The molecule has 0 radical (unpaired) electrons. The van der Waals surface area contributed by atoms with Gasteiger partial charge >= 0.3 is 0 Å². The Kier molecular flexibility index (Phi) is 4.69. The maximum absolute atomic E-state index is 11.1. The molecular formula is C18H21N3O2. The summed E-state index contributed by atoms with van der Waals surface area (Å²) in [7, 11) is 2.13. The summed E-state index contributed by atoms with van der Waals surface area (Å²) >= 11 is 0. The molecule has 1 aliphatic heterocycles. The summed E-state index contributed by atoms with van der Waals surface area (Å²) in [5, 5.41) is 14.7. The van der Waals surface area contributed by atoms with Crippen molar-refractivity contribution in [2.45, 2.75) is 25.0 Å². The lowest BCUT2D eigenvalue weighted by Gasteiger charge is -2.26. The Morgan fingerprint density at radius 3 is 2.61 bits per heavy atom. The molecule has 5 nitrogen and oxygen atoms in total. The lowest BCUT2D eigenvalue weighted by atomic mass is 10.00. The summed E-state index contributed by atoms with van der Waals surface area (Å²) < 4.78 is 0. The van der Waals surface area contributed by atoms with Gasteiger partial charge < -0.3 is 5.32 Å². The molecule has 1 saturated heterocycles. The van der Waals surface area contributed by atoms with Gasteiger partial charge in [0.1, 0.15) is 0 Å². The lowest BCUT2D eigenvalue weighted by Crippen LogP contribution is -2.34. The van der Waals surface area contributed by atoms with Crippen molar-refractivity contribution < 1.29 is 4.92 Å². The molecule has 1 heterocycles. The van der Waals surface area contributed by atoms with Gasteiger partial charge in [0, 0.05) is 36.8 Å². The number of benzene rings is 2. The number of hydrogen-bond acceptors (Lipinski definition) is 4. The first-order chi connectivity index (χ1) is 11.2. The van der Waals surface area contributed by atoms with Crippen LogP contribution >= 0.6 is 0 Å². The predicted molar refractivity (Wildman–Crippen MR) is 90.2 cm³/mol. The van der Waals surface area contributed by atoms with Crippen LogP contribution in [0, 0.1) is 10.1 Å². The first-order valence-electron chi connectivity index (χ1n) is 7.87. The molecule has 0 saturated carbocycles. The fourth-order valence-corrected chi connectivity index (χ4v) is 3.38. The van der Waals surface area contributed by atoms with Gasteiger partial charge in [0.25, 0.3) is 5.69 Å². The first-order valence-corrected chi connectivity index (χ1v) is 7.87. The molecule has 2 aromatic rings. The molecule has 1 N–H and O–H groups in total. The smallest absolute Gasteiger partial charge is 0.273 e. The highest BCUT2D eigenvalue weighted by Crippen LogP contribution is 2.31. The third-order valence-corrected chi connectivity index (χ3v) is 4.53. The number of nitrogens with zero attached hydrogens (tertiary/aromatic N) is 2. The molecule has 2 atom stereocenters. The fourth-order valence-electron chi connectivity index (χ4n) is 3.38. The Morgan fingerprint density at radius 2 is 1.87 bits per heavy atom. The van der Waals surface area contributed by atoms with Crippen LogP contribution in [0.4, 0.5) is 5.69 Å². The predicted octanol–water partition coefficient (Wildman–Crippen LogP) is 3.13. The number of nitrogens with one attached hydrogen (secondary N) is 1. The summed E-state index contributed by atoms with van der Waals surface area (Å²) in [5.74, 6) is 0. The van der Waals surface area contributed by atoms with Crippen LogP contribution < -0.4 is 5.32 Å². The summed E-state index contributed by atoms with van der Waals surface area (Å²) in [6.07, 6.45) is 1.04. The average Bonchev–Trinajstić information content (AvgIpc) is 2.94. The Hall–Kier alpha value is -2.24. The molecule has 0 unspecified atom stereocenters. The Labute approximate surface area is 136 Å². The SMILES string of the molecule is CN1CC[C@H](NCc2ccccc2[N+](=O)[O-])[C@@H]1c1ccccc1. The van der Waals surface area contributed by atoms with E-state index in [0.717, 1.165) is 18.5 Å². The van der Waals surface area contributed by atoms with Crippen molar-refractivity contribution in [1.82, 2.24) is 10.2 Å². The maximum Gasteiger partial charge on any atom is 0.273 e. The van der Waals surface area contributed by atoms with Gasteiger partial charge in [-0.3, -0.25) is 15.0 Å². The molecule has 0 amide bonds. The van der Waals surface area contributed by atoms with Gasteiger partial charge in [0.05, 0.1) is 4.92 Å².